The molecule has 0 spiro atoms. The van der Waals surface area contributed by atoms with Crippen molar-refractivity contribution in [3.8, 4) is 0 Å². The number of aliphatic hydroxyl groups excluding tert-OH is 3. The molecule has 1 amide bonds. The van der Waals surface area contributed by atoms with Gasteiger partial charge in [-0.25, -0.2) is 4.79 Å². The van der Waals surface area contributed by atoms with Gasteiger partial charge in [-0.05, 0) is 11.1 Å². The normalized spacial score (nSPS) is 14.6. The summed E-state index contributed by atoms with van der Waals surface area (Å²) in [5.41, 5.74) is 1.72. The Balaban J connectivity index is 2.15. The monoisotopic (exact) mass is 441 g/mol. The Labute approximate surface area is 188 Å². The molecule has 7 nitrogen and oxygen atoms in total. The van der Waals surface area contributed by atoms with Crippen molar-refractivity contribution in [2.24, 2.45) is 0 Å². The molecular formula is C25H31NO6. The van der Waals surface area contributed by atoms with Gasteiger partial charge in [0.05, 0.1) is 19.3 Å². The van der Waals surface area contributed by atoms with E-state index in [-0.39, 0.29) is 26.4 Å². The molecule has 0 aliphatic heterocycles. The molecule has 2 aromatic carbocycles. The second-order valence-electron chi connectivity index (χ2n) is 7.26. The number of hydrogen-bond acceptors (Lipinski definition) is 6. The lowest BCUT2D eigenvalue weighted by atomic mass is 10.00. The second-order valence-corrected chi connectivity index (χ2v) is 7.26. The van der Waals surface area contributed by atoms with Gasteiger partial charge in [0, 0.05) is 6.54 Å². The van der Waals surface area contributed by atoms with E-state index in [9.17, 15) is 20.1 Å². The van der Waals surface area contributed by atoms with Crippen LogP contribution < -0.4 is 0 Å². The van der Waals surface area contributed by atoms with Crippen LogP contribution in [-0.2, 0) is 22.7 Å². The topological polar surface area (TPSA) is 99.5 Å². The summed E-state index contributed by atoms with van der Waals surface area (Å²) >= 11 is 0. The summed E-state index contributed by atoms with van der Waals surface area (Å²) in [6.07, 6.45) is -2.60. The highest BCUT2D eigenvalue weighted by molar-refractivity contribution is 5.68. The smallest absolute Gasteiger partial charge is 0.410 e. The zero-order chi connectivity index (χ0) is 23.3. The van der Waals surface area contributed by atoms with Crippen molar-refractivity contribution in [1.29, 1.82) is 0 Å². The van der Waals surface area contributed by atoms with Crippen LogP contribution in [-0.4, -0.2) is 63.8 Å². The number of benzene rings is 2. The summed E-state index contributed by atoms with van der Waals surface area (Å²) in [5, 5.41) is 31.1. The lowest BCUT2D eigenvalue weighted by Gasteiger charge is -2.36. The molecule has 3 N–H and O–H groups in total. The minimum atomic E-state index is -1.58. The molecule has 1 unspecified atom stereocenters. The Bertz CT molecular complexity index is 829. The second kappa shape index (κ2) is 13.4. The number of ether oxygens (including phenoxy) is 2. The van der Waals surface area contributed by atoms with E-state index in [1.165, 1.54) is 11.0 Å². The summed E-state index contributed by atoms with van der Waals surface area (Å²) in [6.45, 7) is 7.32. The van der Waals surface area contributed by atoms with E-state index >= 15 is 0 Å². The molecule has 0 aliphatic carbocycles. The first-order valence-electron chi connectivity index (χ1n) is 10.3. The van der Waals surface area contributed by atoms with E-state index in [4.69, 9.17) is 9.47 Å². The maximum Gasteiger partial charge on any atom is 0.410 e. The predicted molar refractivity (Wildman–Crippen MR) is 122 cm³/mol. The fraction of sp³-hybridized carbons (Fsp3) is 0.320. The number of carbonyl (C=O) groups is 1. The Morgan fingerprint density at radius 1 is 0.906 bits per heavy atom. The molecule has 0 fully saturated rings. The van der Waals surface area contributed by atoms with Gasteiger partial charge in [-0.2, -0.15) is 0 Å². The quantitative estimate of drug-likeness (QED) is 0.414. The summed E-state index contributed by atoms with van der Waals surface area (Å²) in [6, 6.07) is 17.6. The van der Waals surface area contributed by atoms with Crippen LogP contribution in [0, 0.1) is 0 Å². The van der Waals surface area contributed by atoms with E-state index in [1.54, 1.807) is 0 Å². The van der Waals surface area contributed by atoms with Gasteiger partial charge in [0.2, 0.25) is 0 Å². The van der Waals surface area contributed by atoms with Crippen LogP contribution in [0.2, 0.25) is 0 Å². The molecule has 172 valence electrons. The number of aliphatic hydroxyl groups is 3. The number of nitrogens with zero attached hydrogens (tertiary/aromatic N) is 1. The van der Waals surface area contributed by atoms with Crippen LogP contribution in [0.15, 0.2) is 86.0 Å². The summed E-state index contributed by atoms with van der Waals surface area (Å²) in [5.74, 6) is 0. The van der Waals surface area contributed by atoms with Crippen molar-refractivity contribution in [2.45, 2.75) is 37.6 Å². The molecule has 4 atom stereocenters. The van der Waals surface area contributed by atoms with Crippen LogP contribution in [0.5, 0.6) is 0 Å². The number of carbonyl (C=O) groups excluding carboxylic acids is 1. The molecule has 32 heavy (non-hydrogen) atoms. The fourth-order valence-electron chi connectivity index (χ4n) is 3.10. The first-order valence-corrected chi connectivity index (χ1v) is 10.3. The third kappa shape index (κ3) is 7.62. The van der Waals surface area contributed by atoms with Crippen LogP contribution in [0.25, 0.3) is 0 Å². The summed E-state index contributed by atoms with van der Waals surface area (Å²) in [7, 11) is 0. The van der Waals surface area contributed by atoms with Crippen molar-refractivity contribution in [3.05, 3.63) is 97.1 Å². The largest absolute Gasteiger partial charge is 0.445 e. The van der Waals surface area contributed by atoms with Gasteiger partial charge in [0.15, 0.2) is 0 Å². The lowest BCUT2D eigenvalue weighted by Crippen LogP contribution is -2.55. The van der Waals surface area contributed by atoms with E-state index in [0.717, 1.165) is 17.2 Å². The molecule has 0 aromatic heterocycles. The van der Waals surface area contributed by atoms with Crippen LogP contribution in [0.3, 0.4) is 0 Å². The molecular weight excluding hydrogens is 410 g/mol. The van der Waals surface area contributed by atoms with E-state index in [1.807, 2.05) is 60.7 Å². The predicted octanol–water partition coefficient (Wildman–Crippen LogP) is 2.67. The SMILES string of the molecule is C=CCN(C(=O)OCc1ccccc1)[C@H](COCc1ccccc1)[C@@H](O)[C@H](O)C(O)C=C. The molecule has 0 aliphatic rings. The van der Waals surface area contributed by atoms with Crippen molar-refractivity contribution in [3.63, 3.8) is 0 Å². The lowest BCUT2D eigenvalue weighted by molar-refractivity contribution is -0.0917. The zero-order valence-electron chi connectivity index (χ0n) is 18.0. The first kappa shape index (κ1) is 25.3. The van der Waals surface area contributed by atoms with Crippen molar-refractivity contribution in [2.75, 3.05) is 13.2 Å². The average molecular weight is 442 g/mol. The Morgan fingerprint density at radius 2 is 1.47 bits per heavy atom. The standard InChI is InChI=1S/C25H31NO6/c1-3-15-26(25(30)32-17-20-13-9-6-10-14-20)21(23(28)24(29)22(27)4-2)18-31-16-19-11-7-5-8-12-19/h3-14,21-24,27-29H,1-2,15-18H2/t21-,22?,23-,24-/m1/s1. The summed E-state index contributed by atoms with van der Waals surface area (Å²) < 4.78 is 11.2. The van der Waals surface area contributed by atoms with Crippen LogP contribution in [0.4, 0.5) is 4.79 Å². The highest BCUT2D eigenvalue weighted by Crippen LogP contribution is 2.16. The van der Waals surface area contributed by atoms with Crippen LogP contribution in [0.1, 0.15) is 11.1 Å². The highest BCUT2D eigenvalue weighted by atomic mass is 16.6. The fourth-order valence-corrected chi connectivity index (χ4v) is 3.10. The zero-order valence-corrected chi connectivity index (χ0v) is 18.0. The van der Waals surface area contributed by atoms with Gasteiger partial charge in [-0.15, -0.1) is 13.2 Å². The minimum Gasteiger partial charge on any atom is -0.445 e. The van der Waals surface area contributed by atoms with Gasteiger partial charge in [-0.3, -0.25) is 4.90 Å². The summed E-state index contributed by atoms with van der Waals surface area (Å²) in [4.78, 5) is 14.1. The third-order valence-electron chi connectivity index (χ3n) is 4.90. The molecule has 0 radical (unpaired) electrons. The van der Waals surface area contributed by atoms with Crippen molar-refractivity contribution < 1.29 is 29.6 Å². The average Bonchev–Trinajstić information content (AvgIpc) is 2.84. The molecule has 0 saturated carbocycles. The Morgan fingerprint density at radius 3 is 2.00 bits per heavy atom. The van der Waals surface area contributed by atoms with E-state index in [2.05, 4.69) is 13.2 Å². The van der Waals surface area contributed by atoms with E-state index < -0.39 is 30.4 Å². The van der Waals surface area contributed by atoms with Gasteiger partial charge in [-0.1, -0.05) is 72.8 Å². The van der Waals surface area contributed by atoms with E-state index in [0.29, 0.717) is 0 Å². The van der Waals surface area contributed by atoms with Crippen molar-refractivity contribution >= 4 is 6.09 Å². The maximum absolute atomic E-state index is 12.9. The molecule has 0 bridgehead atoms. The molecule has 7 heteroatoms. The molecule has 0 heterocycles. The van der Waals surface area contributed by atoms with Gasteiger partial charge < -0.3 is 24.8 Å². The van der Waals surface area contributed by atoms with Gasteiger partial charge in [0.25, 0.3) is 0 Å². The Hall–Kier alpha value is -2.97. The van der Waals surface area contributed by atoms with Gasteiger partial charge in [0.1, 0.15) is 24.9 Å². The highest BCUT2D eigenvalue weighted by Gasteiger charge is 2.36. The van der Waals surface area contributed by atoms with Crippen molar-refractivity contribution in [1.82, 2.24) is 4.90 Å². The molecule has 2 rings (SSSR count). The number of rotatable bonds is 13. The molecule has 0 saturated heterocycles. The third-order valence-corrected chi connectivity index (χ3v) is 4.90. The minimum absolute atomic E-state index is 0.0405. The number of hydrogen-bond donors (Lipinski definition) is 3. The van der Waals surface area contributed by atoms with Gasteiger partial charge >= 0.3 is 6.09 Å². The Kier molecular flexibility index (Phi) is 10.6. The maximum atomic E-state index is 12.9. The van der Waals surface area contributed by atoms with Crippen LogP contribution >= 0.6 is 0 Å². The number of amides is 1. The first-order chi connectivity index (χ1) is 15.5. The molecule has 2 aromatic rings.